The molecule has 0 saturated carbocycles. The van der Waals surface area contributed by atoms with E-state index < -0.39 is 0 Å². The first-order chi connectivity index (χ1) is 8.65. The minimum absolute atomic E-state index is 0.0989. The second kappa shape index (κ2) is 5.65. The van der Waals surface area contributed by atoms with E-state index in [1.807, 2.05) is 0 Å². The van der Waals surface area contributed by atoms with Crippen molar-refractivity contribution in [2.75, 3.05) is 27.3 Å². The van der Waals surface area contributed by atoms with Crippen molar-refractivity contribution in [1.82, 2.24) is 9.88 Å². The molecule has 1 aliphatic rings. The maximum Gasteiger partial charge on any atom is 0.272 e. The normalized spacial score (nSPS) is 23.4. The summed E-state index contributed by atoms with van der Waals surface area (Å²) in [5.41, 5.74) is 0.342. The van der Waals surface area contributed by atoms with Gasteiger partial charge in [-0.3, -0.25) is 9.78 Å². The SMILES string of the molecule is COC1CN(C(=O)c2cc(Cl)ccn2)CC1OC. The van der Waals surface area contributed by atoms with Crippen LogP contribution in [0.5, 0.6) is 0 Å². The lowest BCUT2D eigenvalue weighted by molar-refractivity contribution is -0.00461. The van der Waals surface area contributed by atoms with Crippen LogP contribution in [0, 0.1) is 0 Å². The fourth-order valence-corrected chi connectivity index (χ4v) is 2.21. The summed E-state index contributed by atoms with van der Waals surface area (Å²) in [5.74, 6) is -0.154. The molecule has 18 heavy (non-hydrogen) atoms. The predicted molar refractivity (Wildman–Crippen MR) is 66.7 cm³/mol. The predicted octanol–water partition coefficient (Wildman–Crippen LogP) is 1.22. The van der Waals surface area contributed by atoms with Crippen LogP contribution in [-0.2, 0) is 9.47 Å². The molecule has 1 saturated heterocycles. The average Bonchev–Trinajstić information content (AvgIpc) is 2.81. The lowest BCUT2D eigenvalue weighted by atomic mass is 10.3. The van der Waals surface area contributed by atoms with Gasteiger partial charge in [-0.15, -0.1) is 0 Å². The summed E-state index contributed by atoms with van der Waals surface area (Å²) in [6.45, 7) is 1.00. The Morgan fingerprint density at radius 1 is 1.39 bits per heavy atom. The zero-order valence-electron chi connectivity index (χ0n) is 10.3. The Hall–Kier alpha value is -1.17. The molecule has 6 heteroatoms. The quantitative estimate of drug-likeness (QED) is 0.829. The number of likely N-dealkylation sites (tertiary alicyclic amines) is 1. The van der Waals surface area contributed by atoms with Gasteiger partial charge in [-0.1, -0.05) is 11.6 Å². The van der Waals surface area contributed by atoms with Gasteiger partial charge in [0.05, 0.1) is 0 Å². The molecular weight excluding hydrogens is 256 g/mol. The van der Waals surface area contributed by atoms with Crippen molar-refractivity contribution in [3.05, 3.63) is 29.0 Å². The summed E-state index contributed by atoms with van der Waals surface area (Å²) in [6, 6.07) is 3.20. The van der Waals surface area contributed by atoms with Gasteiger partial charge in [0.25, 0.3) is 5.91 Å². The first-order valence-corrected chi connectivity index (χ1v) is 6.00. The Labute approximate surface area is 111 Å². The molecule has 0 bridgehead atoms. The van der Waals surface area contributed by atoms with E-state index in [1.165, 1.54) is 6.20 Å². The molecule has 2 heterocycles. The molecule has 98 valence electrons. The number of carbonyl (C=O) groups excluding carboxylic acids is 1. The number of rotatable bonds is 3. The monoisotopic (exact) mass is 270 g/mol. The number of amides is 1. The van der Waals surface area contributed by atoms with Gasteiger partial charge in [-0.05, 0) is 12.1 Å². The van der Waals surface area contributed by atoms with E-state index in [4.69, 9.17) is 21.1 Å². The number of nitrogens with zero attached hydrogens (tertiary/aromatic N) is 2. The Bertz CT molecular complexity index is 429. The Morgan fingerprint density at radius 2 is 2.00 bits per heavy atom. The van der Waals surface area contributed by atoms with Crippen LogP contribution < -0.4 is 0 Å². The summed E-state index contributed by atoms with van der Waals surface area (Å²) in [6.07, 6.45) is 1.32. The van der Waals surface area contributed by atoms with E-state index in [9.17, 15) is 4.79 Å². The van der Waals surface area contributed by atoms with Crippen molar-refractivity contribution in [3.8, 4) is 0 Å². The number of pyridine rings is 1. The van der Waals surface area contributed by atoms with Crippen LogP contribution in [0.4, 0.5) is 0 Å². The third kappa shape index (κ3) is 2.63. The lowest BCUT2D eigenvalue weighted by Crippen LogP contribution is -2.30. The molecule has 1 aromatic heterocycles. The first kappa shape index (κ1) is 13.3. The molecule has 0 spiro atoms. The van der Waals surface area contributed by atoms with Crippen LogP contribution in [-0.4, -0.2) is 55.3 Å². The second-order valence-electron chi connectivity index (χ2n) is 4.12. The first-order valence-electron chi connectivity index (χ1n) is 5.62. The van der Waals surface area contributed by atoms with Gasteiger partial charge < -0.3 is 14.4 Å². The topological polar surface area (TPSA) is 51.7 Å². The van der Waals surface area contributed by atoms with Crippen molar-refractivity contribution in [1.29, 1.82) is 0 Å². The van der Waals surface area contributed by atoms with Gasteiger partial charge in [0.1, 0.15) is 17.9 Å². The van der Waals surface area contributed by atoms with Crippen LogP contribution in [0.25, 0.3) is 0 Å². The summed E-state index contributed by atoms with van der Waals surface area (Å²) in [7, 11) is 3.23. The molecule has 2 unspecified atom stereocenters. The largest absolute Gasteiger partial charge is 0.377 e. The molecule has 0 radical (unpaired) electrons. The third-order valence-corrected chi connectivity index (χ3v) is 3.28. The van der Waals surface area contributed by atoms with E-state index in [1.54, 1.807) is 31.3 Å². The van der Waals surface area contributed by atoms with Crippen LogP contribution in [0.3, 0.4) is 0 Å². The Morgan fingerprint density at radius 3 is 2.50 bits per heavy atom. The van der Waals surface area contributed by atoms with Gasteiger partial charge in [-0.25, -0.2) is 0 Å². The van der Waals surface area contributed by atoms with E-state index in [0.29, 0.717) is 23.8 Å². The third-order valence-electron chi connectivity index (χ3n) is 3.05. The highest BCUT2D eigenvalue weighted by Gasteiger charge is 2.36. The van der Waals surface area contributed by atoms with E-state index in [2.05, 4.69) is 4.98 Å². The molecule has 0 N–H and O–H groups in total. The van der Waals surface area contributed by atoms with Gasteiger partial charge in [0, 0.05) is 38.5 Å². The zero-order chi connectivity index (χ0) is 13.1. The highest BCUT2D eigenvalue weighted by molar-refractivity contribution is 6.30. The fourth-order valence-electron chi connectivity index (χ4n) is 2.05. The number of hydrogen-bond donors (Lipinski definition) is 0. The summed E-state index contributed by atoms with van der Waals surface area (Å²) in [4.78, 5) is 17.9. The van der Waals surface area contributed by atoms with Crippen LogP contribution in [0.2, 0.25) is 5.02 Å². The van der Waals surface area contributed by atoms with E-state index in [0.717, 1.165) is 0 Å². The number of aromatic nitrogens is 1. The number of carbonyl (C=O) groups is 1. The van der Waals surface area contributed by atoms with Gasteiger partial charge >= 0.3 is 0 Å². The minimum Gasteiger partial charge on any atom is -0.377 e. The van der Waals surface area contributed by atoms with Crippen molar-refractivity contribution < 1.29 is 14.3 Å². The van der Waals surface area contributed by atoms with Crippen molar-refractivity contribution >= 4 is 17.5 Å². The maximum atomic E-state index is 12.2. The summed E-state index contributed by atoms with van der Waals surface area (Å²) < 4.78 is 10.6. The smallest absolute Gasteiger partial charge is 0.272 e. The molecule has 1 aliphatic heterocycles. The molecule has 1 aromatic rings. The standard InChI is InChI=1S/C12H15ClN2O3/c1-17-10-6-15(7-11(10)18-2)12(16)9-5-8(13)3-4-14-9/h3-5,10-11H,6-7H2,1-2H3. The molecule has 0 aromatic carbocycles. The molecular formula is C12H15ClN2O3. The van der Waals surface area contributed by atoms with Gasteiger partial charge in [0.15, 0.2) is 0 Å². The van der Waals surface area contributed by atoms with Crippen molar-refractivity contribution in [2.45, 2.75) is 12.2 Å². The number of hydrogen-bond acceptors (Lipinski definition) is 4. The highest BCUT2D eigenvalue weighted by Crippen LogP contribution is 2.18. The van der Waals surface area contributed by atoms with E-state index in [-0.39, 0.29) is 18.1 Å². The summed E-state index contributed by atoms with van der Waals surface area (Å²) in [5, 5.41) is 0.499. The molecule has 2 rings (SSSR count). The summed E-state index contributed by atoms with van der Waals surface area (Å²) >= 11 is 5.85. The Balaban J connectivity index is 2.11. The highest BCUT2D eigenvalue weighted by atomic mass is 35.5. The van der Waals surface area contributed by atoms with Crippen molar-refractivity contribution in [2.24, 2.45) is 0 Å². The Kier molecular flexibility index (Phi) is 4.16. The molecule has 1 fully saturated rings. The van der Waals surface area contributed by atoms with Gasteiger partial charge in [0.2, 0.25) is 0 Å². The van der Waals surface area contributed by atoms with Crippen LogP contribution in [0.15, 0.2) is 18.3 Å². The fraction of sp³-hybridized carbons (Fsp3) is 0.500. The minimum atomic E-state index is -0.154. The zero-order valence-corrected chi connectivity index (χ0v) is 11.1. The van der Waals surface area contributed by atoms with Crippen LogP contribution >= 0.6 is 11.6 Å². The molecule has 5 nitrogen and oxygen atoms in total. The molecule has 1 amide bonds. The maximum absolute atomic E-state index is 12.2. The number of halogens is 1. The average molecular weight is 271 g/mol. The van der Waals surface area contributed by atoms with Gasteiger partial charge in [-0.2, -0.15) is 0 Å². The number of methoxy groups -OCH3 is 2. The molecule has 0 aliphatic carbocycles. The van der Waals surface area contributed by atoms with E-state index >= 15 is 0 Å². The van der Waals surface area contributed by atoms with Crippen molar-refractivity contribution in [3.63, 3.8) is 0 Å². The second-order valence-corrected chi connectivity index (χ2v) is 4.55. The molecule has 2 atom stereocenters. The van der Waals surface area contributed by atoms with Crippen LogP contribution in [0.1, 0.15) is 10.5 Å². The number of ether oxygens (including phenoxy) is 2. The lowest BCUT2D eigenvalue weighted by Gasteiger charge is -2.15.